The van der Waals surface area contributed by atoms with Gasteiger partial charge < -0.3 is 14.9 Å². The molecule has 0 spiro atoms. The molecule has 0 radical (unpaired) electrons. The van der Waals surface area contributed by atoms with Gasteiger partial charge in [0.1, 0.15) is 12.2 Å². The number of hydrogen-bond donors (Lipinski definition) is 2. The van der Waals surface area contributed by atoms with E-state index in [-0.39, 0.29) is 5.92 Å². The molecule has 3 atom stereocenters. The molecule has 0 aromatic rings. The Hall–Kier alpha value is -0.940. The average molecular weight is 200 g/mol. The highest BCUT2D eigenvalue weighted by Gasteiger charge is 2.53. The number of aliphatic hydroxyl groups is 2. The number of aliphatic hydroxyl groups excluding tert-OH is 2. The van der Waals surface area contributed by atoms with Crippen LogP contribution in [0.15, 0.2) is 0 Å². The first-order valence-corrected chi connectivity index (χ1v) is 4.69. The van der Waals surface area contributed by atoms with Gasteiger partial charge in [-0.3, -0.25) is 4.79 Å². The number of carbonyl (C=O) groups excluding carboxylic acids is 2. The van der Waals surface area contributed by atoms with Crippen molar-refractivity contribution < 1.29 is 24.5 Å². The number of esters is 1. The Bertz CT molecular complexity index is 270. The van der Waals surface area contributed by atoms with Crippen molar-refractivity contribution in [1.29, 1.82) is 0 Å². The Morgan fingerprint density at radius 3 is 2.57 bits per heavy atom. The van der Waals surface area contributed by atoms with Crippen LogP contribution in [0, 0.1) is 11.8 Å². The van der Waals surface area contributed by atoms with E-state index >= 15 is 0 Å². The second-order valence-corrected chi connectivity index (χ2v) is 3.85. The average Bonchev–Trinajstić information content (AvgIpc) is 2.95. The summed E-state index contributed by atoms with van der Waals surface area (Å²) in [6.45, 7) is -0.492. The standard InChI is InChI=1S/C9H12O5/c10-3-5(11)8-6(4-1-2-4)7(12)9(13)14-8/h4-6,8,10-11H,1-3H2. The minimum absolute atomic E-state index is 0.153. The summed E-state index contributed by atoms with van der Waals surface area (Å²) in [5.74, 6) is -1.81. The molecule has 1 heterocycles. The Labute approximate surface area is 80.7 Å². The van der Waals surface area contributed by atoms with Crippen LogP contribution in [0.3, 0.4) is 0 Å². The lowest BCUT2D eigenvalue weighted by atomic mass is 9.91. The highest BCUT2D eigenvalue weighted by Crippen LogP contribution is 2.43. The van der Waals surface area contributed by atoms with E-state index in [1.807, 2.05) is 0 Å². The predicted octanol–water partition coefficient (Wildman–Crippen LogP) is -1.14. The highest BCUT2D eigenvalue weighted by atomic mass is 16.6. The molecule has 0 aromatic heterocycles. The molecule has 5 heteroatoms. The van der Waals surface area contributed by atoms with E-state index in [1.54, 1.807) is 0 Å². The summed E-state index contributed by atoms with van der Waals surface area (Å²) in [7, 11) is 0. The molecular weight excluding hydrogens is 188 g/mol. The summed E-state index contributed by atoms with van der Waals surface area (Å²) in [5.41, 5.74) is 0. The molecule has 0 amide bonds. The van der Waals surface area contributed by atoms with Gasteiger partial charge in [-0.2, -0.15) is 0 Å². The largest absolute Gasteiger partial charge is 0.453 e. The summed E-state index contributed by atoms with van der Waals surface area (Å²) in [4.78, 5) is 22.3. The molecule has 5 nitrogen and oxygen atoms in total. The highest BCUT2D eigenvalue weighted by molar-refractivity contribution is 6.36. The van der Waals surface area contributed by atoms with Crippen LogP contribution in [-0.2, 0) is 14.3 Å². The molecule has 2 rings (SSSR count). The van der Waals surface area contributed by atoms with Gasteiger partial charge in [-0.1, -0.05) is 0 Å². The van der Waals surface area contributed by atoms with Crippen LogP contribution in [0.25, 0.3) is 0 Å². The fourth-order valence-electron chi connectivity index (χ4n) is 1.90. The molecule has 3 unspecified atom stereocenters. The predicted molar refractivity (Wildman–Crippen MR) is 44.2 cm³/mol. The van der Waals surface area contributed by atoms with E-state index in [2.05, 4.69) is 0 Å². The molecule has 0 bridgehead atoms. The third-order valence-electron chi connectivity index (χ3n) is 2.80. The van der Waals surface area contributed by atoms with Crippen molar-refractivity contribution in [3.63, 3.8) is 0 Å². The SMILES string of the molecule is O=C1OC(C(O)CO)C(C2CC2)C1=O. The maximum atomic E-state index is 11.4. The van der Waals surface area contributed by atoms with E-state index < -0.39 is 36.5 Å². The molecule has 2 N–H and O–H groups in total. The van der Waals surface area contributed by atoms with Gasteiger partial charge in [-0.05, 0) is 18.8 Å². The molecule has 14 heavy (non-hydrogen) atoms. The Kier molecular flexibility index (Phi) is 2.28. The van der Waals surface area contributed by atoms with Gasteiger partial charge in [0.15, 0.2) is 0 Å². The number of ketones is 1. The number of rotatable bonds is 3. The Balaban J connectivity index is 2.15. The maximum Gasteiger partial charge on any atom is 0.375 e. The van der Waals surface area contributed by atoms with Gasteiger partial charge in [0.25, 0.3) is 0 Å². The number of carbonyl (C=O) groups is 2. The number of Topliss-reactive ketones (excluding diaryl/α,β-unsaturated/α-hetero) is 1. The maximum absolute atomic E-state index is 11.4. The van der Waals surface area contributed by atoms with Gasteiger partial charge in [-0.15, -0.1) is 0 Å². The van der Waals surface area contributed by atoms with Crippen molar-refractivity contribution in [3.05, 3.63) is 0 Å². The van der Waals surface area contributed by atoms with Crippen LogP contribution >= 0.6 is 0 Å². The minimum atomic E-state index is -1.14. The normalized spacial score (nSPS) is 34.4. The van der Waals surface area contributed by atoms with Gasteiger partial charge in [0, 0.05) is 0 Å². The Morgan fingerprint density at radius 2 is 2.07 bits per heavy atom. The van der Waals surface area contributed by atoms with Gasteiger partial charge in [0.2, 0.25) is 5.78 Å². The van der Waals surface area contributed by atoms with Crippen molar-refractivity contribution in [2.45, 2.75) is 25.0 Å². The third kappa shape index (κ3) is 1.42. The Morgan fingerprint density at radius 1 is 1.43 bits per heavy atom. The molecule has 1 saturated heterocycles. The molecular formula is C9H12O5. The summed E-state index contributed by atoms with van der Waals surface area (Å²) < 4.78 is 4.74. The first-order valence-electron chi connectivity index (χ1n) is 4.69. The topological polar surface area (TPSA) is 83.8 Å². The van der Waals surface area contributed by atoms with Crippen molar-refractivity contribution in [1.82, 2.24) is 0 Å². The van der Waals surface area contributed by atoms with Gasteiger partial charge in [0.05, 0.1) is 12.5 Å². The quantitative estimate of drug-likeness (QED) is 0.444. The zero-order chi connectivity index (χ0) is 10.3. The van der Waals surface area contributed by atoms with Crippen molar-refractivity contribution in [2.24, 2.45) is 11.8 Å². The van der Waals surface area contributed by atoms with E-state index in [0.717, 1.165) is 12.8 Å². The lowest BCUT2D eigenvalue weighted by Crippen LogP contribution is -2.36. The lowest BCUT2D eigenvalue weighted by Gasteiger charge is -2.19. The van der Waals surface area contributed by atoms with Crippen molar-refractivity contribution in [3.8, 4) is 0 Å². The molecule has 2 aliphatic rings. The summed E-state index contributed by atoms with van der Waals surface area (Å²) in [5, 5.41) is 18.1. The summed E-state index contributed by atoms with van der Waals surface area (Å²) >= 11 is 0. The van der Waals surface area contributed by atoms with Crippen LogP contribution in [0.5, 0.6) is 0 Å². The number of cyclic esters (lactones) is 1. The van der Waals surface area contributed by atoms with E-state index in [9.17, 15) is 14.7 Å². The second kappa shape index (κ2) is 3.33. The van der Waals surface area contributed by atoms with Gasteiger partial charge >= 0.3 is 5.97 Å². The number of ether oxygens (including phenoxy) is 1. The van der Waals surface area contributed by atoms with E-state index in [1.165, 1.54) is 0 Å². The summed E-state index contributed by atoms with van der Waals surface area (Å²) in [6.07, 6.45) is -0.202. The fourth-order valence-corrected chi connectivity index (χ4v) is 1.90. The summed E-state index contributed by atoms with van der Waals surface area (Å²) in [6, 6.07) is 0. The number of hydrogen-bond acceptors (Lipinski definition) is 5. The van der Waals surface area contributed by atoms with Crippen LogP contribution in [0.2, 0.25) is 0 Å². The monoisotopic (exact) mass is 200 g/mol. The molecule has 1 aliphatic heterocycles. The van der Waals surface area contributed by atoms with Crippen LogP contribution in [0.4, 0.5) is 0 Å². The first-order chi connectivity index (χ1) is 6.65. The molecule has 78 valence electrons. The van der Waals surface area contributed by atoms with E-state index in [0.29, 0.717) is 0 Å². The molecule has 1 aliphatic carbocycles. The molecule has 0 aromatic carbocycles. The minimum Gasteiger partial charge on any atom is -0.453 e. The molecule has 2 fully saturated rings. The zero-order valence-electron chi connectivity index (χ0n) is 7.55. The van der Waals surface area contributed by atoms with Crippen molar-refractivity contribution in [2.75, 3.05) is 6.61 Å². The lowest BCUT2D eigenvalue weighted by molar-refractivity contribution is -0.151. The van der Waals surface area contributed by atoms with Gasteiger partial charge in [-0.25, -0.2) is 4.79 Å². The third-order valence-corrected chi connectivity index (χ3v) is 2.80. The van der Waals surface area contributed by atoms with Crippen molar-refractivity contribution >= 4 is 11.8 Å². The van der Waals surface area contributed by atoms with Crippen LogP contribution < -0.4 is 0 Å². The molecule has 1 saturated carbocycles. The smallest absolute Gasteiger partial charge is 0.375 e. The van der Waals surface area contributed by atoms with E-state index in [4.69, 9.17) is 9.84 Å². The van der Waals surface area contributed by atoms with Crippen LogP contribution in [0.1, 0.15) is 12.8 Å². The first kappa shape index (κ1) is 9.61. The second-order valence-electron chi connectivity index (χ2n) is 3.85. The fraction of sp³-hybridized carbons (Fsp3) is 0.778. The van der Waals surface area contributed by atoms with Crippen LogP contribution in [-0.4, -0.2) is 40.8 Å². The zero-order valence-corrected chi connectivity index (χ0v) is 7.55.